The zero-order valence-corrected chi connectivity index (χ0v) is 12.4. The van der Waals surface area contributed by atoms with E-state index in [4.69, 9.17) is 5.11 Å². The Hall–Kier alpha value is -1.22. The molecule has 2 heterocycles. The Labute approximate surface area is 118 Å². The number of carboxylic acid groups (broad SMARTS) is 1. The molecule has 2 aromatic heterocycles. The van der Waals surface area contributed by atoms with Crippen LogP contribution in [0.15, 0.2) is 28.5 Å². The molecule has 5 nitrogen and oxygen atoms in total. The molecule has 0 fully saturated rings. The molecular formula is C11H11NO4S3. The fourth-order valence-electron chi connectivity index (χ4n) is 1.40. The van der Waals surface area contributed by atoms with Crippen LogP contribution in [0.3, 0.4) is 0 Å². The molecule has 102 valence electrons. The number of aromatic carboxylic acids is 1. The third-order valence-corrected chi connectivity index (χ3v) is 6.26. The van der Waals surface area contributed by atoms with Gasteiger partial charge in [-0.05, 0) is 31.2 Å². The molecule has 0 aliphatic carbocycles. The number of hydrogen-bond acceptors (Lipinski definition) is 5. The first-order chi connectivity index (χ1) is 8.88. The number of nitrogens with one attached hydrogen (secondary N) is 1. The van der Waals surface area contributed by atoms with Crippen LogP contribution in [0.5, 0.6) is 0 Å². The van der Waals surface area contributed by atoms with Crippen LogP contribution in [0.25, 0.3) is 0 Å². The third kappa shape index (κ3) is 3.41. The first kappa shape index (κ1) is 14.2. The van der Waals surface area contributed by atoms with Crippen LogP contribution >= 0.6 is 22.7 Å². The maximum absolute atomic E-state index is 12.0. The van der Waals surface area contributed by atoms with Gasteiger partial charge in [0.1, 0.15) is 9.09 Å². The standard InChI is InChI=1S/C11H11NO4S3/c1-7-2-3-8(17-7)6-12-19(15,16)10-5-4-9(18-10)11(13)14/h2-5,12H,6H2,1H3,(H,13,14). The largest absolute Gasteiger partial charge is 0.477 e. The van der Waals surface area contributed by atoms with Crippen molar-refractivity contribution in [3.63, 3.8) is 0 Å². The number of sulfonamides is 1. The summed E-state index contributed by atoms with van der Waals surface area (Å²) in [7, 11) is -3.65. The lowest BCUT2D eigenvalue weighted by atomic mass is 10.4. The van der Waals surface area contributed by atoms with Gasteiger partial charge in [-0.25, -0.2) is 17.9 Å². The number of thiophene rings is 2. The van der Waals surface area contributed by atoms with Crippen molar-refractivity contribution >= 4 is 38.7 Å². The van der Waals surface area contributed by atoms with E-state index in [0.29, 0.717) is 0 Å². The summed E-state index contributed by atoms with van der Waals surface area (Å²) in [6, 6.07) is 6.37. The number of aryl methyl sites for hydroxylation is 1. The zero-order valence-electron chi connectivity index (χ0n) is 9.91. The van der Waals surface area contributed by atoms with Crippen LogP contribution in [0, 0.1) is 6.92 Å². The van der Waals surface area contributed by atoms with Crippen molar-refractivity contribution in [3.05, 3.63) is 38.9 Å². The summed E-state index contributed by atoms with van der Waals surface area (Å²) in [5.41, 5.74) is 0. The van der Waals surface area contributed by atoms with E-state index >= 15 is 0 Å². The molecule has 0 saturated carbocycles. The van der Waals surface area contributed by atoms with Gasteiger partial charge in [0.2, 0.25) is 10.0 Å². The Balaban J connectivity index is 2.11. The van der Waals surface area contributed by atoms with Gasteiger partial charge in [-0.3, -0.25) is 0 Å². The number of carbonyl (C=O) groups is 1. The predicted octanol–water partition coefficient (Wildman–Crippen LogP) is 2.29. The van der Waals surface area contributed by atoms with Gasteiger partial charge in [0.15, 0.2) is 0 Å². The van der Waals surface area contributed by atoms with Crippen molar-refractivity contribution in [3.8, 4) is 0 Å². The molecule has 0 spiro atoms. The number of rotatable bonds is 5. The highest BCUT2D eigenvalue weighted by molar-refractivity contribution is 7.91. The number of carboxylic acids is 1. The summed E-state index contributed by atoms with van der Waals surface area (Å²) in [6.45, 7) is 2.15. The minimum atomic E-state index is -3.65. The van der Waals surface area contributed by atoms with E-state index < -0.39 is 16.0 Å². The minimum absolute atomic E-state index is 0.00680. The van der Waals surface area contributed by atoms with Gasteiger partial charge in [-0.1, -0.05) is 0 Å². The second-order valence-corrected chi connectivity index (χ2v) is 8.21. The fraction of sp³-hybridized carbons (Fsp3) is 0.182. The van der Waals surface area contributed by atoms with Crippen LogP contribution in [-0.2, 0) is 16.6 Å². The highest BCUT2D eigenvalue weighted by Gasteiger charge is 2.18. The van der Waals surface area contributed by atoms with Gasteiger partial charge in [0.25, 0.3) is 0 Å². The SMILES string of the molecule is Cc1ccc(CNS(=O)(=O)c2ccc(C(=O)O)s2)s1. The molecular weight excluding hydrogens is 306 g/mol. The molecule has 0 atom stereocenters. The summed E-state index contributed by atoms with van der Waals surface area (Å²) >= 11 is 2.26. The van der Waals surface area contributed by atoms with E-state index in [-0.39, 0.29) is 15.6 Å². The van der Waals surface area contributed by atoms with E-state index in [9.17, 15) is 13.2 Å². The Morgan fingerprint density at radius 3 is 2.53 bits per heavy atom. The van der Waals surface area contributed by atoms with Crippen molar-refractivity contribution in [1.82, 2.24) is 4.72 Å². The van der Waals surface area contributed by atoms with Crippen LogP contribution in [0.4, 0.5) is 0 Å². The maximum atomic E-state index is 12.0. The Morgan fingerprint density at radius 1 is 1.26 bits per heavy atom. The van der Waals surface area contributed by atoms with Crippen molar-refractivity contribution in [1.29, 1.82) is 0 Å². The Morgan fingerprint density at radius 2 is 2.00 bits per heavy atom. The number of hydrogen-bond donors (Lipinski definition) is 2. The van der Waals surface area contributed by atoms with Crippen LogP contribution < -0.4 is 4.72 Å². The summed E-state index contributed by atoms with van der Waals surface area (Å²) in [4.78, 5) is 12.7. The molecule has 2 aromatic rings. The van der Waals surface area contributed by atoms with E-state index in [2.05, 4.69) is 4.72 Å². The van der Waals surface area contributed by atoms with Crippen molar-refractivity contribution < 1.29 is 18.3 Å². The predicted molar refractivity (Wildman–Crippen MR) is 74.4 cm³/mol. The van der Waals surface area contributed by atoms with Crippen molar-refractivity contribution in [2.24, 2.45) is 0 Å². The first-order valence-corrected chi connectivity index (χ1v) is 8.38. The van der Waals surface area contributed by atoms with E-state index in [1.807, 2.05) is 19.1 Å². The molecule has 0 aliphatic heterocycles. The van der Waals surface area contributed by atoms with Crippen LogP contribution in [-0.4, -0.2) is 19.5 Å². The van der Waals surface area contributed by atoms with Gasteiger partial charge >= 0.3 is 5.97 Å². The second kappa shape index (κ2) is 5.41. The molecule has 0 aliphatic rings. The maximum Gasteiger partial charge on any atom is 0.345 e. The zero-order chi connectivity index (χ0) is 14.0. The normalized spacial score (nSPS) is 11.6. The molecule has 2 rings (SSSR count). The van der Waals surface area contributed by atoms with Crippen LogP contribution in [0.1, 0.15) is 19.4 Å². The lowest BCUT2D eigenvalue weighted by Crippen LogP contribution is -2.21. The van der Waals surface area contributed by atoms with E-state index in [1.54, 1.807) is 0 Å². The van der Waals surface area contributed by atoms with E-state index in [0.717, 1.165) is 21.1 Å². The molecule has 8 heteroatoms. The molecule has 0 amide bonds. The molecule has 0 bridgehead atoms. The van der Waals surface area contributed by atoms with Gasteiger partial charge < -0.3 is 5.11 Å². The van der Waals surface area contributed by atoms with Crippen molar-refractivity contribution in [2.45, 2.75) is 17.7 Å². The monoisotopic (exact) mass is 317 g/mol. The molecule has 2 N–H and O–H groups in total. The Bertz CT molecular complexity index is 699. The molecule has 0 radical (unpaired) electrons. The quantitative estimate of drug-likeness (QED) is 0.886. The van der Waals surface area contributed by atoms with Gasteiger partial charge in [0, 0.05) is 16.3 Å². The average Bonchev–Trinajstić information content (AvgIpc) is 2.95. The van der Waals surface area contributed by atoms with Gasteiger partial charge in [0.05, 0.1) is 0 Å². The summed E-state index contributed by atoms with van der Waals surface area (Å²) in [5, 5.41) is 8.77. The summed E-state index contributed by atoms with van der Waals surface area (Å²) < 4.78 is 26.4. The van der Waals surface area contributed by atoms with Gasteiger partial charge in [-0.2, -0.15) is 0 Å². The summed E-state index contributed by atoms with van der Waals surface area (Å²) in [5.74, 6) is -1.12. The second-order valence-electron chi connectivity index (χ2n) is 3.76. The summed E-state index contributed by atoms with van der Waals surface area (Å²) in [6.07, 6.45) is 0. The van der Waals surface area contributed by atoms with Crippen molar-refractivity contribution in [2.75, 3.05) is 0 Å². The Kier molecular flexibility index (Phi) is 4.04. The van der Waals surface area contributed by atoms with Crippen LogP contribution in [0.2, 0.25) is 0 Å². The highest BCUT2D eigenvalue weighted by atomic mass is 32.2. The molecule has 0 aromatic carbocycles. The minimum Gasteiger partial charge on any atom is -0.477 e. The lowest BCUT2D eigenvalue weighted by Gasteiger charge is -2.02. The fourth-order valence-corrected chi connectivity index (χ4v) is 4.51. The smallest absolute Gasteiger partial charge is 0.345 e. The van der Waals surface area contributed by atoms with Gasteiger partial charge in [-0.15, -0.1) is 22.7 Å². The molecule has 0 saturated heterocycles. The lowest BCUT2D eigenvalue weighted by molar-refractivity contribution is 0.0702. The highest BCUT2D eigenvalue weighted by Crippen LogP contribution is 2.22. The molecule has 0 unspecified atom stereocenters. The third-order valence-electron chi connectivity index (χ3n) is 2.29. The molecule has 19 heavy (non-hydrogen) atoms. The van der Waals surface area contributed by atoms with E-state index in [1.165, 1.54) is 23.5 Å². The average molecular weight is 317 g/mol. The topological polar surface area (TPSA) is 83.5 Å². The first-order valence-electron chi connectivity index (χ1n) is 5.26.